The van der Waals surface area contributed by atoms with Crippen molar-refractivity contribution >= 4 is 12.2 Å². The SMILES string of the molecule is O=CNc1cccc(CN2CCOCC2)n1. The highest BCUT2D eigenvalue weighted by Gasteiger charge is 2.11. The zero-order chi connectivity index (χ0) is 11.2. The number of pyridine rings is 1. The van der Waals surface area contributed by atoms with Crippen molar-refractivity contribution in [2.24, 2.45) is 0 Å². The summed E-state index contributed by atoms with van der Waals surface area (Å²) in [6.07, 6.45) is 0.640. The Morgan fingerprint density at radius 3 is 3.00 bits per heavy atom. The fourth-order valence-electron chi connectivity index (χ4n) is 1.70. The molecule has 0 aromatic carbocycles. The quantitative estimate of drug-likeness (QED) is 0.751. The van der Waals surface area contributed by atoms with Crippen molar-refractivity contribution in [3.8, 4) is 0 Å². The van der Waals surface area contributed by atoms with E-state index in [1.54, 1.807) is 6.07 Å². The van der Waals surface area contributed by atoms with E-state index in [1.807, 2.05) is 12.1 Å². The topological polar surface area (TPSA) is 54.5 Å². The first-order chi connectivity index (χ1) is 7.88. The van der Waals surface area contributed by atoms with E-state index in [4.69, 9.17) is 4.74 Å². The number of ether oxygens (including phenoxy) is 1. The van der Waals surface area contributed by atoms with Gasteiger partial charge in [0.05, 0.1) is 18.9 Å². The van der Waals surface area contributed by atoms with Gasteiger partial charge >= 0.3 is 0 Å². The second-order valence-electron chi connectivity index (χ2n) is 3.66. The van der Waals surface area contributed by atoms with E-state index < -0.39 is 0 Å². The smallest absolute Gasteiger partial charge is 0.212 e. The summed E-state index contributed by atoms with van der Waals surface area (Å²) < 4.78 is 5.28. The van der Waals surface area contributed by atoms with E-state index in [2.05, 4.69) is 15.2 Å². The van der Waals surface area contributed by atoms with Crippen LogP contribution in [0.1, 0.15) is 5.69 Å². The molecule has 1 aromatic rings. The molecule has 0 unspecified atom stereocenters. The van der Waals surface area contributed by atoms with E-state index in [1.165, 1.54) is 0 Å². The Morgan fingerprint density at radius 2 is 2.25 bits per heavy atom. The van der Waals surface area contributed by atoms with E-state index >= 15 is 0 Å². The average molecular weight is 221 g/mol. The maximum absolute atomic E-state index is 10.3. The average Bonchev–Trinajstić information content (AvgIpc) is 2.31. The Kier molecular flexibility index (Phi) is 3.85. The molecule has 86 valence electrons. The Labute approximate surface area is 94.4 Å². The van der Waals surface area contributed by atoms with Crippen molar-refractivity contribution in [1.29, 1.82) is 0 Å². The van der Waals surface area contributed by atoms with Crippen molar-refractivity contribution in [2.45, 2.75) is 6.54 Å². The standard InChI is InChI=1S/C11H15N3O2/c15-9-12-11-3-1-2-10(13-11)8-14-4-6-16-7-5-14/h1-3,9H,4-8H2,(H,12,13,15). The van der Waals surface area contributed by atoms with Gasteiger partial charge in [0.25, 0.3) is 0 Å². The molecular weight excluding hydrogens is 206 g/mol. The minimum absolute atomic E-state index is 0.598. The van der Waals surface area contributed by atoms with Crippen LogP contribution >= 0.6 is 0 Å². The molecule has 0 aliphatic carbocycles. The Morgan fingerprint density at radius 1 is 1.44 bits per heavy atom. The molecule has 1 aliphatic heterocycles. The van der Waals surface area contributed by atoms with Crippen LogP contribution in [0.5, 0.6) is 0 Å². The summed E-state index contributed by atoms with van der Waals surface area (Å²) in [6, 6.07) is 5.64. The third-order valence-corrected chi connectivity index (χ3v) is 2.50. The van der Waals surface area contributed by atoms with Gasteiger partial charge in [-0.1, -0.05) is 6.07 Å². The summed E-state index contributed by atoms with van der Waals surface area (Å²) in [5.41, 5.74) is 0.966. The molecule has 2 rings (SSSR count). The van der Waals surface area contributed by atoms with Gasteiger partial charge in [0.15, 0.2) is 0 Å². The van der Waals surface area contributed by atoms with Gasteiger partial charge in [-0.3, -0.25) is 9.69 Å². The second-order valence-corrected chi connectivity index (χ2v) is 3.66. The molecule has 0 bridgehead atoms. The van der Waals surface area contributed by atoms with Gasteiger partial charge < -0.3 is 10.1 Å². The molecule has 2 heterocycles. The fraction of sp³-hybridized carbons (Fsp3) is 0.455. The summed E-state index contributed by atoms with van der Waals surface area (Å²) in [4.78, 5) is 16.9. The van der Waals surface area contributed by atoms with Crippen molar-refractivity contribution in [3.63, 3.8) is 0 Å². The Balaban J connectivity index is 1.97. The monoisotopic (exact) mass is 221 g/mol. The molecule has 5 nitrogen and oxygen atoms in total. The highest BCUT2D eigenvalue weighted by Crippen LogP contribution is 2.08. The normalized spacial score (nSPS) is 17.0. The van der Waals surface area contributed by atoms with Gasteiger partial charge in [-0.05, 0) is 12.1 Å². The van der Waals surface area contributed by atoms with Crippen LogP contribution in [0.4, 0.5) is 5.82 Å². The van der Waals surface area contributed by atoms with Crippen LogP contribution in [0.3, 0.4) is 0 Å². The lowest BCUT2D eigenvalue weighted by Crippen LogP contribution is -2.35. The van der Waals surface area contributed by atoms with Crippen LogP contribution in [-0.4, -0.2) is 42.6 Å². The third-order valence-electron chi connectivity index (χ3n) is 2.50. The molecule has 0 radical (unpaired) electrons. The molecule has 1 fully saturated rings. The molecule has 1 N–H and O–H groups in total. The van der Waals surface area contributed by atoms with Gasteiger partial charge in [-0.2, -0.15) is 0 Å². The van der Waals surface area contributed by atoms with Gasteiger partial charge in [-0.15, -0.1) is 0 Å². The lowest BCUT2D eigenvalue weighted by Gasteiger charge is -2.26. The lowest BCUT2D eigenvalue weighted by molar-refractivity contribution is -0.105. The summed E-state index contributed by atoms with van der Waals surface area (Å²) in [5.74, 6) is 0.598. The molecule has 16 heavy (non-hydrogen) atoms. The summed E-state index contributed by atoms with van der Waals surface area (Å²) in [5, 5.41) is 2.55. The predicted octanol–water partition coefficient (Wildman–Crippen LogP) is 0.482. The van der Waals surface area contributed by atoms with Crippen LogP contribution in [0, 0.1) is 0 Å². The van der Waals surface area contributed by atoms with Crippen LogP contribution in [0.15, 0.2) is 18.2 Å². The zero-order valence-corrected chi connectivity index (χ0v) is 9.06. The molecule has 0 spiro atoms. The maximum Gasteiger partial charge on any atom is 0.212 e. The van der Waals surface area contributed by atoms with Gasteiger partial charge in [0.2, 0.25) is 6.41 Å². The van der Waals surface area contributed by atoms with E-state index in [9.17, 15) is 4.79 Å². The zero-order valence-electron chi connectivity index (χ0n) is 9.06. The Hall–Kier alpha value is -1.46. The Bertz CT molecular complexity index is 351. The molecular formula is C11H15N3O2. The van der Waals surface area contributed by atoms with Gasteiger partial charge in [0.1, 0.15) is 5.82 Å². The number of hydrogen-bond acceptors (Lipinski definition) is 4. The van der Waals surface area contributed by atoms with Gasteiger partial charge in [0, 0.05) is 19.6 Å². The minimum atomic E-state index is 0.598. The van der Waals surface area contributed by atoms with E-state index in [0.29, 0.717) is 12.2 Å². The minimum Gasteiger partial charge on any atom is -0.379 e. The molecule has 0 atom stereocenters. The number of rotatable bonds is 4. The fourth-order valence-corrected chi connectivity index (χ4v) is 1.70. The molecule has 0 saturated carbocycles. The molecule has 1 saturated heterocycles. The van der Waals surface area contributed by atoms with Crippen LogP contribution in [0.2, 0.25) is 0 Å². The number of nitrogens with zero attached hydrogens (tertiary/aromatic N) is 2. The number of nitrogens with one attached hydrogen (secondary N) is 1. The number of carbonyl (C=O) groups is 1. The highest BCUT2D eigenvalue weighted by atomic mass is 16.5. The van der Waals surface area contributed by atoms with E-state index in [-0.39, 0.29) is 0 Å². The van der Waals surface area contributed by atoms with Crippen molar-refractivity contribution in [2.75, 3.05) is 31.6 Å². The summed E-state index contributed by atoms with van der Waals surface area (Å²) >= 11 is 0. The maximum atomic E-state index is 10.3. The second kappa shape index (κ2) is 5.58. The van der Waals surface area contributed by atoms with Crippen LogP contribution < -0.4 is 5.32 Å². The summed E-state index contributed by atoms with van der Waals surface area (Å²) in [6.45, 7) is 4.25. The number of hydrogen-bond donors (Lipinski definition) is 1. The third kappa shape index (κ3) is 3.01. The first-order valence-electron chi connectivity index (χ1n) is 5.35. The van der Waals surface area contributed by atoms with Gasteiger partial charge in [-0.25, -0.2) is 4.98 Å². The molecule has 1 amide bonds. The van der Waals surface area contributed by atoms with E-state index in [0.717, 1.165) is 38.5 Å². The molecule has 1 aromatic heterocycles. The predicted molar refractivity (Wildman–Crippen MR) is 60.0 cm³/mol. The lowest BCUT2D eigenvalue weighted by atomic mass is 10.3. The van der Waals surface area contributed by atoms with Crippen LogP contribution in [-0.2, 0) is 16.1 Å². The number of anilines is 1. The summed E-state index contributed by atoms with van der Waals surface area (Å²) in [7, 11) is 0. The number of morpholine rings is 1. The largest absolute Gasteiger partial charge is 0.379 e. The van der Waals surface area contributed by atoms with Crippen molar-refractivity contribution < 1.29 is 9.53 Å². The number of aromatic nitrogens is 1. The van der Waals surface area contributed by atoms with Crippen LogP contribution in [0.25, 0.3) is 0 Å². The first kappa shape index (κ1) is 11.0. The first-order valence-corrected chi connectivity index (χ1v) is 5.35. The molecule has 5 heteroatoms. The number of amides is 1. The number of carbonyl (C=O) groups excluding carboxylic acids is 1. The molecule has 1 aliphatic rings. The van der Waals surface area contributed by atoms with Crippen molar-refractivity contribution in [1.82, 2.24) is 9.88 Å². The van der Waals surface area contributed by atoms with Crippen molar-refractivity contribution in [3.05, 3.63) is 23.9 Å². The highest BCUT2D eigenvalue weighted by molar-refractivity contribution is 5.68.